The van der Waals surface area contributed by atoms with Crippen LogP contribution >= 0.6 is 24.8 Å². The average Bonchev–Trinajstić information content (AvgIpc) is 2.95. The molecule has 3 aromatic rings. The molecule has 6 heteroatoms. The molecule has 0 amide bonds. The average molecular weight is 392 g/mol. The number of pyridine rings is 1. The van der Waals surface area contributed by atoms with Crippen molar-refractivity contribution >= 4 is 41.6 Å². The van der Waals surface area contributed by atoms with E-state index in [-0.39, 0.29) is 30.7 Å². The third-order valence-electron chi connectivity index (χ3n) is 4.75. The number of nitrogens with one attached hydrogen (secondary N) is 1. The van der Waals surface area contributed by atoms with Crippen molar-refractivity contribution in [1.82, 2.24) is 14.9 Å². The number of para-hydroxylation sites is 1. The second-order valence-corrected chi connectivity index (χ2v) is 6.31. The molecule has 0 saturated carbocycles. The molecule has 0 fully saturated rings. The van der Waals surface area contributed by atoms with Crippen molar-refractivity contribution in [3.8, 4) is 0 Å². The predicted molar refractivity (Wildman–Crippen MR) is 110 cm³/mol. The molecule has 0 aliphatic carbocycles. The molecule has 1 N–H and O–H groups in total. The molecule has 1 aromatic carbocycles. The molecule has 0 unspecified atom stereocenters. The van der Waals surface area contributed by atoms with E-state index in [0.717, 1.165) is 37.9 Å². The first-order chi connectivity index (χ1) is 11.8. The third kappa shape index (κ3) is 3.93. The standard InChI is InChI=1S/C20H21N3O.2ClH/c24-20-9-3-8-19-17(16-6-1-2-7-18(16)23(19)20)10-12-22-14-15-5-4-11-21-13-15;;/h1-2,4-7,11,13,22H,3,8-10,12,14H2;2*1H. The number of hydrogen-bond donors (Lipinski definition) is 1. The van der Waals surface area contributed by atoms with E-state index in [2.05, 4.69) is 34.6 Å². The summed E-state index contributed by atoms with van der Waals surface area (Å²) in [4.78, 5) is 16.5. The number of carbonyl (C=O) groups is 1. The van der Waals surface area contributed by atoms with Gasteiger partial charge in [0.2, 0.25) is 5.91 Å². The summed E-state index contributed by atoms with van der Waals surface area (Å²) in [7, 11) is 0. The Bertz CT molecular complexity index is 877. The lowest BCUT2D eigenvalue weighted by molar-refractivity contribution is 0.0889. The Hall–Kier alpha value is -1.88. The molecule has 4 rings (SSSR count). The minimum atomic E-state index is 0. The van der Waals surface area contributed by atoms with E-state index in [9.17, 15) is 4.79 Å². The summed E-state index contributed by atoms with van der Waals surface area (Å²) in [5, 5.41) is 4.72. The van der Waals surface area contributed by atoms with Crippen LogP contribution in [0.2, 0.25) is 0 Å². The SMILES string of the molecule is Cl.Cl.O=C1CCCc2c(CCNCc3cccnc3)c3ccccc3n21. The van der Waals surface area contributed by atoms with Gasteiger partial charge in [-0.25, -0.2) is 0 Å². The van der Waals surface area contributed by atoms with E-state index >= 15 is 0 Å². The first kappa shape index (κ1) is 20.4. The Morgan fingerprint density at radius 2 is 1.92 bits per heavy atom. The summed E-state index contributed by atoms with van der Waals surface area (Å²) in [6.07, 6.45) is 7.24. The Kier molecular flexibility index (Phi) is 7.21. The van der Waals surface area contributed by atoms with Crippen molar-refractivity contribution in [3.63, 3.8) is 0 Å². The molecule has 1 aliphatic heterocycles. The Balaban J connectivity index is 0.00000121. The van der Waals surface area contributed by atoms with Crippen molar-refractivity contribution in [3.05, 3.63) is 65.6 Å². The van der Waals surface area contributed by atoms with Gasteiger partial charge in [0.05, 0.1) is 5.52 Å². The maximum Gasteiger partial charge on any atom is 0.231 e. The van der Waals surface area contributed by atoms with Crippen LogP contribution in [0.3, 0.4) is 0 Å². The van der Waals surface area contributed by atoms with Gasteiger partial charge in [-0.15, -0.1) is 24.8 Å². The van der Waals surface area contributed by atoms with E-state index in [4.69, 9.17) is 0 Å². The van der Waals surface area contributed by atoms with Crippen LogP contribution in [0.25, 0.3) is 10.9 Å². The molecule has 0 saturated heterocycles. The number of aromatic nitrogens is 2. The fourth-order valence-electron chi connectivity index (χ4n) is 3.65. The summed E-state index contributed by atoms with van der Waals surface area (Å²) in [5.74, 6) is 0.238. The van der Waals surface area contributed by atoms with Gasteiger partial charge in [0.25, 0.3) is 0 Å². The van der Waals surface area contributed by atoms with Gasteiger partial charge in [0, 0.05) is 36.4 Å². The van der Waals surface area contributed by atoms with Crippen LogP contribution in [0.4, 0.5) is 0 Å². The highest BCUT2D eigenvalue weighted by Gasteiger charge is 2.23. The van der Waals surface area contributed by atoms with Crippen molar-refractivity contribution < 1.29 is 4.79 Å². The number of nitrogens with zero attached hydrogens (tertiary/aromatic N) is 2. The van der Waals surface area contributed by atoms with Gasteiger partial charge in [-0.1, -0.05) is 24.3 Å². The van der Waals surface area contributed by atoms with E-state index in [0.29, 0.717) is 6.42 Å². The predicted octanol–water partition coefficient (Wildman–Crippen LogP) is 4.19. The normalized spacial score (nSPS) is 13.0. The van der Waals surface area contributed by atoms with Gasteiger partial charge in [-0.2, -0.15) is 0 Å². The molecule has 4 nitrogen and oxygen atoms in total. The maximum atomic E-state index is 12.4. The minimum absolute atomic E-state index is 0. The molecule has 0 bridgehead atoms. The molecule has 0 radical (unpaired) electrons. The van der Waals surface area contributed by atoms with Crippen LogP contribution in [-0.2, 0) is 19.4 Å². The number of benzene rings is 1. The van der Waals surface area contributed by atoms with Crippen LogP contribution < -0.4 is 5.32 Å². The van der Waals surface area contributed by atoms with E-state index in [1.54, 1.807) is 6.20 Å². The zero-order chi connectivity index (χ0) is 16.4. The zero-order valence-corrected chi connectivity index (χ0v) is 16.1. The van der Waals surface area contributed by atoms with Crippen LogP contribution in [0.1, 0.15) is 34.5 Å². The van der Waals surface area contributed by atoms with Crippen molar-refractivity contribution in [2.75, 3.05) is 6.54 Å². The fourth-order valence-corrected chi connectivity index (χ4v) is 3.65. The monoisotopic (exact) mass is 391 g/mol. The second kappa shape index (κ2) is 9.17. The topological polar surface area (TPSA) is 46.9 Å². The second-order valence-electron chi connectivity index (χ2n) is 6.31. The van der Waals surface area contributed by atoms with Crippen LogP contribution in [0.15, 0.2) is 48.8 Å². The Morgan fingerprint density at radius 3 is 2.73 bits per heavy atom. The summed E-state index contributed by atoms with van der Waals surface area (Å²) < 4.78 is 1.95. The van der Waals surface area contributed by atoms with Gasteiger partial charge < -0.3 is 5.32 Å². The van der Waals surface area contributed by atoms with Crippen molar-refractivity contribution in [2.24, 2.45) is 0 Å². The molecule has 138 valence electrons. The third-order valence-corrected chi connectivity index (χ3v) is 4.75. The zero-order valence-electron chi connectivity index (χ0n) is 14.5. The molecule has 3 heterocycles. The maximum absolute atomic E-state index is 12.4. The van der Waals surface area contributed by atoms with Gasteiger partial charge in [-0.05, 0) is 49.1 Å². The van der Waals surface area contributed by atoms with Crippen LogP contribution in [-0.4, -0.2) is 22.0 Å². The summed E-state index contributed by atoms with van der Waals surface area (Å²) >= 11 is 0. The van der Waals surface area contributed by atoms with Crippen LogP contribution in [0.5, 0.6) is 0 Å². The van der Waals surface area contributed by atoms with Crippen molar-refractivity contribution in [1.29, 1.82) is 0 Å². The van der Waals surface area contributed by atoms with Gasteiger partial charge in [0.1, 0.15) is 0 Å². The highest BCUT2D eigenvalue weighted by molar-refractivity contribution is 5.96. The first-order valence-electron chi connectivity index (χ1n) is 8.58. The lowest BCUT2D eigenvalue weighted by Gasteiger charge is -2.16. The number of carbonyl (C=O) groups excluding carboxylic acids is 1. The van der Waals surface area contributed by atoms with Gasteiger partial charge in [-0.3, -0.25) is 14.3 Å². The molecule has 26 heavy (non-hydrogen) atoms. The summed E-state index contributed by atoms with van der Waals surface area (Å²) in [5.41, 5.74) is 4.81. The fraction of sp³-hybridized carbons (Fsp3) is 0.300. The van der Waals surface area contributed by atoms with Gasteiger partial charge in [0.15, 0.2) is 0 Å². The lowest BCUT2D eigenvalue weighted by atomic mass is 10.0. The van der Waals surface area contributed by atoms with Gasteiger partial charge >= 0.3 is 0 Å². The minimum Gasteiger partial charge on any atom is -0.312 e. The number of hydrogen-bond acceptors (Lipinski definition) is 3. The highest BCUT2D eigenvalue weighted by atomic mass is 35.5. The Labute approximate surface area is 165 Å². The first-order valence-corrected chi connectivity index (χ1v) is 8.58. The quantitative estimate of drug-likeness (QED) is 0.663. The lowest BCUT2D eigenvalue weighted by Crippen LogP contribution is -2.21. The largest absolute Gasteiger partial charge is 0.312 e. The van der Waals surface area contributed by atoms with E-state index in [1.807, 2.05) is 22.9 Å². The molecular formula is C20H23Cl2N3O. The molecular weight excluding hydrogens is 369 g/mol. The van der Waals surface area contributed by atoms with E-state index < -0.39 is 0 Å². The number of halogens is 2. The Morgan fingerprint density at radius 1 is 1.08 bits per heavy atom. The molecule has 0 spiro atoms. The molecule has 0 atom stereocenters. The van der Waals surface area contributed by atoms with Crippen molar-refractivity contribution in [2.45, 2.75) is 32.2 Å². The highest BCUT2D eigenvalue weighted by Crippen LogP contribution is 2.30. The molecule has 1 aliphatic rings. The van der Waals surface area contributed by atoms with Crippen LogP contribution in [0, 0.1) is 0 Å². The number of fused-ring (bicyclic) bond motifs is 3. The molecule has 2 aromatic heterocycles. The summed E-state index contributed by atoms with van der Waals surface area (Å²) in [6.45, 7) is 1.71. The number of rotatable bonds is 5. The summed E-state index contributed by atoms with van der Waals surface area (Å²) in [6, 6.07) is 12.3. The van der Waals surface area contributed by atoms with E-state index in [1.165, 1.54) is 22.2 Å². The smallest absolute Gasteiger partial charge is 0.231 e.